The fraction of sp³-hybridized carbons (Fsp3) is 0.438. The van der Waals surface area contributed by atoms with Gasteiger partial charge in [0.25, 0.3) is 0 Å². The first kappa shape index (κ1) is 14.2. The number of aryl methyl sites for hydroxylation is 1. The number of rotatable bonds is 3. The van der Waals surface area contributed by atoms with Crippen molar-refractivity contribution in [2.75, 3.05) is 5.75 Å². The lowest BCUT2D eigenvalue weighted by Gasteiger charge is -2.17. The lowest BCUT2D eigenvalue weighted by molar-refractivity contribution is 0.508. The first-order valence-electron chi connectivity index (χ1n) is 7.54. The summed E-state index contributed by atoms with van der Waals surface area (Å²) in [5.41, 5.74) is 3.56. The molecule has 114 valence electrons. The zero-order chi connectivity index (χ0) is 15.3. The van der Waals surface area contributed by atoms with Crippen LogP contribution in [0.2, 0.25) is 0 Å². The Hall–Kier alpha value is -1.40. The van der Waals surface area contributed by atoms with Gasteiger partial charge < -0.3 is 0 Å². The van der Waals surface area contributed by atoms with Crippen LogP contribution in [0.4, 0.5) is 0 Å². The molecular weight excluding hydrogens is 312 g/mol. The molecule has 0 amide bonds. The maximum Gasteiger partial charge on any atom is 0.192 e. The molecule has 3 aromatic rings. The van der Waals surface area contributed by atoms with Crippen molar-refractivity contribution in [1.82, 2.24) is 19.6 Å². The Morgan fingerprint density at radius 1 is 1.55 bits per heavy atom. The van der Waals surface area contributed by atoms with Crippen molar-refractivity contribution in [2.24, 2.45) is 5.92 Å². The highest BCUT2D eigenvalue weighted by Gasteiger charge is 2.24. The monoisotopic (exact) mass is 330 g/mol. The van der Waals surface area contributed by atoms with Crippen molar-refractivity contribution < 1.29 is 0 Å². The summed E-state index contributed by atoms with van der Waals surface area (Å²) in [6, 6.07) is 0. The zero-order valence-electron chi connectivity index (χ0n) is 12.8. The molecule has 6 heteroatoms. The number of thioether (sulfide) groups is 1. The quantitative estimate of drug-likeness (QED) is 0.411. The summed E-state index contributed by atoms with van der Waals surface area (Å²) in [5.74, 6) is 1.60. The highest BCUT2D eigenvalue weighted by Crippen LogP contribution is 2.39. The summed E-state index contributed by atoms with van der Waals surface area (Å²) >= 11 is 3.52. The van der Waals surface area contributed by atoms with Gasteiger partial charge in [-0.15, -0.1) is 11.3 Å². The first-order chi connectivity index (χ1) is 10.6. The molecule has 0 saturated carbocycles. The van der Waals surface area contributed by atoms with Crippen LogP contribution in [-0.2, 0) is 12.8 Å². The number of hydrogen-bond donors (Lipinski definition) is 0. The second-order valence-corrected chi connectivity index (χ2v) is 8.19. The van der Waals surface area contributed by atoms with E-state index in [0.717, 1.165) is 39.3 Å². The van der Waals surface area contributed by atoms with Gasteiger partial charge in [-0.1, -0.05) is 30.8 Å². The lowest BCUT2D eigenvalue weighted by atomic mass is 9.89. The van der Waals surface area contributed by atoms with Crippen molar-refractivity contribution in [2.45, 2.75) is 38.3 Å². The average Bonchev–Trinajstić information content (AvgIpc) is 3.07. The third-order valence-electron chi connectivity index (χ3n) is 4.09. The Labute approximate surface area is 137 Å². The maximum absolute atomic E-state index is 4.88. The van der Waals surface area contributed by atoms with Gasteiger partial charge in [0.05, 0.1) is 5.39 Å². The van der Waals surface area contributed by atoms with Crippen molar-refractivity contribution in [3.8, 4) is 0 Å². The van der Waals surface area contributed by atoms with E-state index in [4.69, 9.17) is 4.98 Å². The molecule has 0 fully saturated rings. The molecule has 0 unspecified atom stereocenters. The van der Waals surface area contributed by atoms with E-state index in [2.05, 4.69) is 23.6 Å². The second kappa shape index (κ2) is 5.35. The molecule has 1 aliphatic rings. The van der Waals surface area contributed by atoms with Crippen molar-refractivity contribution in [3.63, 3.8) is 0 Å². The van der Waals surface area contributed by atoms with Gasteiger partial charge in [0.2, 0.25) is 0 Å². The molecule has 3 heterocycles. The van der Waals surface area contributed by atoms with E-state index in [1.165, 1.54) is 28.7 Å². The molecule has 0 spiro atoms. The molecule has 1 atom stereocenters. The summed E-state index contributed by atoms with van der Waals surface area (Å²) in [7, 11) is 0. The number of aromatic nitrogens is 4. The Bertz CT molecular complexity index is 877. The van der Waals surface area contributed by atoms with Gasteiger partial charge in [-0.3, -0.25) is 0 Å². The van der Waals surface area contributed by atoms with Crippen LogP contribution in [0, 0.1) is 5.92 Å². The minimum Gasteiger partial charge on any atom is -0.214 e. The van der Waals surface area contributed by atoms with Crippen molar-refractivity contribution in [3.05, 3.63) is 28.9 Å². The number of nitrogens with zero attached hydrogens (tertiary/aromatic N) is 4. The van der Waals surface area contributed by atoms with E-state index in [0.29, 0.717) is 0 Å². The number of fused-ring (bicyclic) bond motifs is 5. The van der Waals surface area contributed by atoms with Crippen LogP contribution in [0.5, 0.6) is 0 Å². The van der Waals surface area contributed by atoms with Crippen LogP contribution in [0.15, 0.2) is 23.6 Å². The summed E-state index contributed by atoms with van der Waals surface area (Å²) in [6.07, 6.45) is 5.22. The standard InChI is InChI=1S/C16H18N4S2/c1-9(2)7-21-16-19-15-13(14-17-8-18-20(14)16)11-6-10(3)4-5-12(11)22-15/h8,10H,1,4-7H2,2-3H3/t10-/m0/s1. The molecule has 0 radical (unpaired) electrons. The molecule has 4 nitrogen and oxygen atoms in total. The molecule has 4 rings (SSSR count). The normalized spacial score (nSPS) is 18.0. The maximum atomic E-state index is 4.88. The Morgan fingerprint density at radius 3 is 3.23 bits per heavy atom. The van der Waals surface area contributed by atoms with Crippen LogP contribution in [0.25, 0.3) is 15.9 Å². The van der Waals surface area contributed by atoms with E-state index in [1.807, 2.05) is 22.8 Å². The molecule has 1 aliphatic carbocycles. The first-order valence-corrected chi connectivity index (χ1v) is 9.35. The van der Waals surface area contributed by atoms with E-state index < -0.39 is 0 Å². The minimum absolute atomic E-state index is 0.741. The van der Waals surface area contributed by atoms with Gasteiger partial charge >= 0.3 is 0 Å². The van der Waals surface area contributed by atoms with Crippen LogP contribution >= 0.6 is 23.1 Å². The van der Waals surface area contributed by atoms with Crippen LogP contribution < -0.4 is 0 Å². The predicted molar refractivity (Wildman–Crippen MR) is 92.9 cm³/mol. The third kappa shape index (κ3) is 2.25. The summed E-state index contributed by atoms with van der Waals surface area (Å²) < 4.78 is 1.89. The largest absolute Gasteiger partial charge is 0.214 e. The van der Waals surface area contributed by atoms with Crippen molar-refractivity contribution >= 4 is 39.0 Å². The SMILES string of the molecule is C=C(C)CSc1nc2sc3c(c2c2ncnn12)C[C@@H](C)CC3. The lowest BCUT2D eigenvalue weighted by Crippen LogP contribution is -2.09. The fourth-order valence-electron chi connectivity index (χ4n) is 3.02. The molecule has 0 bridgehead atoms. The third-order valence-corrected chi connectivity index (χ3v) is 6.43. The van der Waals surface area contributed by atoms with Gasteiger partial charge in [0.15, 0.2) is 10.8 Å². The zero-order valence-corrected chi connectivity index (χ0v) is 14.4. The predicted octanol–water partition coefficient (Wildman–Crippen LogP) is 4.13. The molecule has 0 aromatic carbocycles. The Morgan fingerprint density at radius 2 is 2.41 bits per heavy atom. The summed E-state index contributed by atoms with van der Waals surface area (Å²) in [4.78, 5) is 12.0. The molecular formula is C16H18N4S2. The van der Waals surface area contributed by atoms with Gasteiger partial charge in [0.1, 0.15) is 11.2 Å². The number of thiophene rings is 1. The summed E-state index contributed by atoms with van der Waals surface area (Å²) in [5, 5.41) is 6.53. The van der Waals surface area contributed by atoms with E-state index in [-0.39, 0.29) is 0 Å². The minimum atomic E-state index is 0.741. The van der Waals surface area contributed by atoms with Crippen LogP contribution in [0.3, 0.4) is 0 Å². The summed E-state index contributed by atoms with van der Waals surface area (Å²) in [6.45, 7) is 8.34. The average molecular weight is 330 g/mol. The van der Waals surface area contributed by atoms with Gasteiger partial charge in [-0.25, -0.2) is 9.97 Å². The van der Waals surface area contributed by atoms with Gasteiger partial charge in [0, 0.05) is 10.6 Å². The van der Waals surface area contributed by atoms with Gasteiger partial charge in [-0.2, -0.15) is 9.61 Å². The van der Waals surface area contributed by atoms with Crippen LogP contribution in [0.1, 0.15) is 30.7 Å². The highest BCUT2D eigenvalue weighted by molar-refractivity contribution is 7.99. The Balaban J connectivity index is 1.93. The van der Waals surface area contributed by atoms with Crippen LogP contribution in [-0.4, -0.2) is 25.3 Å². The molecule has 3 aromatic heterocycles. The molecule has 22 heavy (non-hydrogen) atoms. The van der Waals surface area contributed by atoms with Crippen molar-refractivity contribution in [1.29, 1.82) is 0 Å². The second-order valence-electron chi connectivity index (χ2n) is 6.17. The molecule has 0 saturated heterocycles. The van der Waals surface area contributed by atoms with E-state index in [1.54, 1.807) is 18.1 Å². The molecule has 0 N–H and O–H groups in total. The van der Waals surface area contributed by atoms with E-state index in [9.17, 15) is 0 Å². The smallest absolute Gasteiger partial charge is 0.192 e. The topological polar surface area (TPSA) is 43.1 Å². The van der Waals surface area contributed by atoms with Gasteiger partial charge in [-0.05, 0) is 37.7 Å². The Kier molecular flexibility index (Phi) is 3.46. The molecule has 0 aliphatic heterocycles. The number of hydrogen-bond acceptors (Lipinski definition) is 5. The fourth-order valence-corrected chi connectivity index (χ4v) is 5.08. The highest BCUT2D eigenvalue weighted by atomic mass is 32.2. The van der Waals surface area contributed by atoms with E-state index >= 15 is 0 Å².